The van der Waals surface area contributed by atoms with Crippen LogP contribution >= 0.6 is 15.9 Å². The van der Waals surface area contributed by atoms with Crippen LogP contribution in [0.15, 0.2) is 46.9 Å². The number of esters is 1. The number of phenols is 1. The van der Waals surface area contributed by atoms with Gasteiger partial charge < -0.3 is 15.2 Å². The molecule has 0 fully saturated rings. The summed E-state index contributed by atoms with van der Waals surface area (Å²) in [5.74, 6) is -0.784. The second-order valence-electron chi connectivity index (χ2n) is 5.45. The Morgan fingerprint density at radius 3 is 2.50 bits per heavy atom. The van der Waals surface area contributed by atoms with Crippen LogP contribution in [0.25, 0.3) is 0 Å². The first-order valence-corrected chi connectivity index (χ1v) is 8.19. The summed E-state index contributed by atoms with van der Waals surface area (Å²) in [6.45, 7) is 3.47. The van der Waals surface area contributed by atoms with Gasteiger partial charge in [-0.2, -0.15) is 0 Å². The second-order valence-corrected chi connectivity index (χ2v) is 6.30. The van der Waals surface area contributed by atoms with Gasteiger partial charge in [-0.3, -0.25) is 9.59 Å². The molecule has 0 aliphatic heterocycles. The molecule has 2 N–H and O–H groups in total. The average molecular weight is 392 g/mol. The van der Waals surface area contributed by atoms with E-state index in [9.17, 15) is 14.7 Å². The van der Waals surface area contributed by atoms with E-state index in [-0.39, 0.29) is 12.2 Å². The van der Waals surface area contributed by atoms with Gasteiger partial charge in [-0.1, -0.05) is 18.2 Å². The summed E-state index contributed by atoms with van der Waals surface area (Å²) >= 11 is 3.38. The number of hydrogen-bond acceptors (Lipinski definition) is 4. The molecular weight excluding hydrogens is 374 g/mol. The molecule has 1 amide bonds. The number of nitrogens with one attached hydrogen (secondary N) is 1. The summed E-state index contributed by atoms with van der Waals surface area (Å²) in [4.78, 5) is 24.0. The molecule has 6 heteroatoms. The molecule has 0 radical (unpaired) electrons. The van der Waals surface area contributed by atoms with Crippen LogP contribution in [0.3, 0.4) is 0 Å². The molecule has 2 aromatic rings. The number of ether oxygens (including phenoxy) is 1. The van der Waals surface area contributed by atoms with Crippen LogP contribution in [0.1, 0.15) is 18.1 Å². The lowest BCUT2D eigenvalue weighted by Crippen LogP contribution is -2.30. The van der Waals surface area contributed by atoms with Gasteiger partial charge in [0, 0.05) is 4.47 Å². The van der Waals surface area contributed by atoms with Crippen molar-refractivity contribution in [3.8, 4) is 5.75 Å². The highest BCUT2D eigenvalue weighted by Crippen LogP contribution is 2.23. The zero-order chi connectivity index (χ0) is 17.7. The number of amides is 1. The van der Waals surface area contributed by atoms with Crippen molar-refractivity contribution >= 4 is 33.5 Å². The molecule has 2 rings (SSSR count). The first-order chi connectivity index (χ1) is 11.3. The van der Waals surface area contributed by atoms with E-state index in [0.717, 1.165) is 10.0 Å². The highest BCUT2D eigenvalue weighted by molar-refractivity contribution is 9.10. The molecule has 0 aliphatic rings. The molecule has 0 aliphatic carbocycles. The molecule has 0 spiro atoms. The van der Waals surface area contributed by atoms with Crippen molar-refractivity contribution in [1.29, 1.82) is 0 Å². The Morgan fingerprint density at radius 2 is 1.88 bits per heavy atom. The minimum Gasteiger partial charge on any atom is -0.508 e. The van der Waals surface area contributed by atoms with Gasteiger partial charge in [-0.15, -0.1) is 0 Å². The number of hydrogen-bond donors (Lipinski definition) is 2. The van der Waals surface area contributed by atoms with E-state index in [2.05, 4.69) is 21.2 Å². The van der Waals surface area contributed by atoms with Gasteiger partial charge >= 0.3 is 5.97 Å². The third-order valence-electron chi connectivity index (χ3n) is 3.34. The predicted octanol–water partition coefficient (Wildman–Crippen LogP) is 3.58. The van der Waals surface area contributed by atoms with E-state index < -0.39 is 18.0 Å². The van der Waals surface area contributed by atoms with Crippen LogP contribution in [0.2, 0.25) is 0 Å². The largest absolute Gasteiger partial charge is 0.508 e. The van der Waals surface area contributed by atoms with Crippen LogP contribution in [-0.4, -0.2) is 23.1 Å². The Bertz CT molecular complexity index is 743. The van der Waals surface area contributed by atoms with Crippen molar-refractivity contribution in [1.82, 2.24) is 0 Å². The van der Waals surface area contributed by atoms with Gasteiger partial charge in [0.25, 0.3) is 5.91 Å². The van der Waals surface area contributed by atoms with Crippen LogP contribution in [0.5, 0.6) is 5.75 Å². The van der Waals surface area contributed by atoms with Crippen molar-refractivity contribution in [3.63, 3.8) is 0 Å². The molecule has 0 saturated carbocycles. The Labute approximate surface area is 148 Å². The van der Waals surface area contributed by atoms with Crippen molar-refractivity contribution in [2.45, 2.75) is 26.4 Å². The van der Waals surface area contributed by atoms with Crippen molar-refractivity contribution in [2.75, 3.05) is 5.32 Å². The van der Waals surface area contributed by atoms with E-state index in [4.69, 9.17) is 4.74 Å². The Hall–Kier alpha value is -2.34. The molecule has 24 heavy (non-hydrogen) atoms. The van der Waals surface area contributed by atoms with Gasteiger partial charge in [0.1, 0.15) is 5.75 Å². The predicted molar refractivity (Wildman–Crippen MR) is 94.9 cm³/mol. The van der Waals surface area contributed by atoms with Gasteiger partial charge in [-0.25, -0.2) is 0 Å². The molecule has 0 saturated heterocycles. The summed E-state index contributed by atoms with van der Waals surface area (Å²) in [5.41, 5.74) is 2.38. The molecule has 0 unspecified atom stereocenters. The number of carbonyl (C=O) groups excluding carboxylic acids is 2. The van der Waals surface area contributed by atoms with Gasteiger partial charge in [-0.05, 0) is 65.2 Å². The Morgan fingerprint density at radius 1 is 1.21 bits per heavy atom. The molecule has 0 heterocycles. The smallest absolute Gasteiger partial charge is 0.311 e. The third-order valence-corrected chi connectivity index (χ3v) is 4.00. The van der Waals surface area contributed by atoms with Crippen molar-refractivity contribution in [3.05, 3.63) is 58.1 Å². The number of anilines is 1. The number of phenolic OH excluding ortho intramolecular Hbond substituents is 1. The number of aryl methyl sites for hydroxylation is 1. The van der Waals surface area contributed by atoms with E-state index >= 15 is 0 Å². The van der Waals surface area contributed by atoms with E-state index in [1.54, 1.807) is 18.2 Å². The van der Waals surface area contributed by atoms with Crippen molar-refractivity contribution in [2.24, 2.45) is 0 Å². The third kappa shape index (κ3) is 5.09. The first-order valence-electron chi connectivity index (χ1n) is 7.39. The van der Waals surface area contributed by atoms with Gasteiger partial charge in [0.05, 0.1) is 12.1 Å². The Kier molecular flexibility index (Phi) is 5.98. The SMILES string of the molecule is Cc1ccc(NC(=O)[C@H](C)OC(=O)Cc2ccc(O)cc2)c(Br)c1. The number of aromatic hydroxyl groups is 1. The fourth-order valence-corrected chi connectivity index (χ4v) is 2.62. The monoisotopic (exact) mass is 391 g/mol. The highest BCUT2D eigenvalue weighted by Gasteiger charge is 2.19. The second kappa shape index (κ2) is 7.97. The zero-order valence-electron chi connectivity index (χ0n) is 13.4. The summed E-state index contributed by atoms with van der Waals surface area (Å²) in [7, 11) is 0. The summed E-state index contributed by atoms with van der Waals surface area (Å²) in [5, 5.41) is 11.9. The number of rotatable bonds is 5. The number of halogens is 1. The zero-order valence-corrected chi connectivity index (χ0v) is 15.0. The quantitative estimate of drug-likeness (QED) is 0.763. The molecule has 5 nitrogen and oxygen atoms in total. The normalized spacial score (nSPS) is 11.6. The molecule has 126 valence electrons. The minimum atomic E-state index is -0.914. The maximum Gasteiger partial charge on any atom is 0.311 e. The lowest BCUT2D eigenvalue weighted by Gasteiger charge is -2.14. The maximum atomic E-state index is 12.1. The molecular formula is C18H18BrNO4. The number of carbonyl (C=O) groups is 2. The standard InChI is InChI=1S/C18H18BrNO4/c1-11-3-8-16(15(19)9-11)20-18(23)12(2)24-17(22)10-13-4-6-14(21)7-5-13/h3-9,12,21H,10H2,1-2H3,(H,20,23)/t12-/m0/s1. The molecule has 0 aromatic heterocycles. The Balaban J connectivity index is 1.90. The van der Waals surface area contributed by atoms with Gasteiger partial charge in [0.2, 0.25) is 0 Å². The van der Waals surface area contributed by atoms with Crippen LogP contribution < -0.4 is 5.32 Å². The lowest BCUT2D eigenvalue weighted by molar-refractivity contribution is -0.152. The van der Waals surface area contributed by atoms with Crippen LogP contribution in [0.4, 0.5) is 5.69 Å². The van der Waals surface area contributed by atoms with Gasteiger partial charge in [0.15, 0.2) is 6.10 Å². The topological polar surface area (TPSA) is 75.6 Å². The van der Waals surface area contributed by atoms with E-state index in [0.29, 0.717) is 11.3 Å². The lowest BCUT2D eigenvalue weighted by atomic mass is 10.1. The molecule has 1 atom stereocenters. The summed E-state index contributed by atoms with van der Waals surface area (Å²) < 4.78 is 5.92. The van der Waals surface area contributed by atoms with E-state index in [1.165, 1.54) is 19.1 Å². The maximum absolute atomic E-state index is 12.1. The minimum absolute atomic E-state index is 0.0339. The summed E-state index contributed by atoms with van der Waals surface area (Å²) in [6, 6.07) is 11.8. The van der Waals surface area contributed by atoms with E-state index in [1.807, 2.05) is 19.1 Å². The average Bonchev–Trinajstić information content (AvgIpc) is 2.52. The first kappa shape index (κ1) is 18.0. The fourth-order valence-electron chi connectivity index (χ4n) is 2.03. The fraction of sp³-hybridized carbons (Fsp3) is 0.222. The highest BCUT2D eigenvalue weighted by atomic mass is 79.9. The summed E-state index contributed by atoms with van der Waals surface area (Å²) in [6.07, 6.45) is -0.880. The molecule has 2 aromatic carbocycles. The van der Waals surface area contributed by atoms with Crippen LogP contribution in [-0.2, 0) is 20.7 Å². The van der Waals surface area contributed by atoms with Crippen molar-refractivity contribution < 1.29 is 19.4 Å². The van der Waals surface area contributed by atoms with Crippen LogP contribution in [0, 0.1) is 6.92 Å². The number of benzene rings is 2. The molecule has 0 bridgehead atoms.